The van der Waals surface area contributed by atoms with Gasteiger partial charge in [0.2, 0.25) is 0 Å². The quantitative estimate of drug-likeness (QED) is 0.607. The number of benzene rings is 2. The van der Waals surface area contributed by atoms with Crippen LogP contribution in [0.25, 0.3) is 0 Å². The normalized spacial score (nSPS) is 11.2. The summed E-state index contributed by atoms with van der Waals surface area (Å²) < 4.78 is 39.1. The van der Waals surface area contributed by atoms with Gasteiger partial charge in [-0.1, -0.05) is 29.8 Å². The van der Waals surface area contributed by atoms with Crippen molar-refractivity contribution in [1.29, 1.82) is 0 Å². The lowest BCUT2D eigenvalue weighted by Gasteiger charge is -2.12. The summed E-state index contributed by atoms with van der Waals surface area (Å²) in [5, 5.41) is 5.31. The first-order chi connectivity index (χ1) is 13.7. The van der Waals surface area contributed by atoms with Crippen molar-refractivity contribution in [3.05, 3.63) is 93.4 Å². The number of nitrogens with one attached hydrogen (secondary N) is 2. The van der Waals surface area contributed by atoms with Crippen LogP contribution in [0.3, 0.4) is 0 Å². The molecule has 0 bridgehead atoms. The van der Waals surface area contributed by atoms with Crippen LogP contribution in [0.1, 0.15) is 11.1 Å². The van der Waals surface area contributed by atoms with Gasteiger partial charge in [-0.3, -0.25) is 4.79 Å². The number of rotatable bonds is 4. The van der Waals surface area contributed by atoms with Gasteiger partial charge in [-0.2, -0.15) is 13.2 Å². The number of carbonyl (C=O) groups excluding carboxylic acids is 1. The van der Waals surface area contributed by atoms with E-state index in [4.69, 9.17) is 11.6 Å². The third kappa shape index (κ3) is 5.17. The molecule has 3 rings (SSSR count). The molecule has 0 unspecified atom stereocenters. The predicted octanol–water partition coefficient (Wildman–Crippen LogP) is 5.21. The topological polar surface area (TPSA) is 63.1 Å². The molecule has 0 fully saturated rings. The summed E-state index contributed by atoms with van der Waals surface area (Å²) in [6.07, 6.45) is -2.90. The Bertz CT molecular complexity index is 1080. The first-order valence-electron chi connectivity index (χ1n) is 8.42. The lowest BCUT2D eigenvalue weighted by Crippen LogP contribution is -2.28. The fourth-order valence-corrected chi connectivity index (χ4v) is 2.79. The zero-order valence-corrected chi connectivity index (χ0v) is 15.6. The number of pyridine rings is 1. The van der Waals surface area contributed by atoms with Crippen molar-refractivity contribution in [2.45, 2.75) is 12.7 Å². The van der Waals surface area contributed by atoms with Crippen LogP contribution in [-0.2, 0) is 12.7 Å². The van der Waals surface area contributed by atoms with Crippen molar-refractivity contribution in [3.8, 4) is 0 Å². The first kappa shape index (κ1) is 20.5. The van der Waals surface area contributed by atoms with Gasteiger partial charge < -0.3 is 15.2 Å². The number of amides is 2. The summed E-state index contributed by atoms with van der Waals surface area (Å²) in [5.41, 5.74) is -0.363. The van der Waals surface area contributed by atoms with E-state index >= 15 is 0 Å². The van der Waals surface area contributed by atoms with E-state index in [-0.39, 0.29) is 17.9 Å². The maximum atomic E-state index is 12.6. The van der Waals surface area contributed by atoms with Crippen molar-refractivity contribution in [2.24, 2.45) is 0 Å². The number of halogens is 4. The van der Waals surface area contributed by atoms with Gasteiger partial charge in [0.15, 0.2) is 0 Å². The van der Waals surface area contributed by atoms with Gasteiger partial charge in [-0.25, -0.2) is 4.79 Å². The minimum absolute atomic E-state index is 0.0176. The van der Waals surface area contributed by atoms with E-state index in [1.165, 1.54) is 10.6 Å². The second-order valence-corrected chi connectivity index (χ2v) is 6.51. The van der Waals surface area contributed by atoms with Gasteiger partial charge in [0.1, 0.15) is 5.69 Å². The maximum absolute atomic E-state index is 12.6. The average molecular weight is 422 g/mol. The van der Waals surface area contributed by atoms with Crippen LogP contribution < -0.4 is 16.2 Å². The molecular formula is C20H15ClF3N3O2. The molecule has 0 aliphatic rings. The molecule has 0 saturated carbocycles. The zero-order valence-electron chi connectivity index (χ0n) is 14.8. The van der Waals surface area contributed by atoms with E-state index in [1.54, 1.807) is 36.5 Å². The van der Waals surface area contributed by atoms with Crippen LogP contribution in [0, 0.1) is 0 Å². The number of carbonyl (C=O) groups is 1. The molecule has 1 aromatic heterocycles. The summed E-state index contributed by atoms with van der Waals surface area (Å²) in [6.45, 7) is 0.217. The van der Waals surface area contributed by atoms with Gasteiger partial charge in [-0.15, -0.1) is 0 Å². The van der Waals surface area contributed by atoms with Crippen LogP contribution in [0.15, 0.2) is 71.7 Å². The molecular weight excluding hydrogens is 407 g/mol. The molecule has 150 valence electrons. The van der Waals surface area contributed by atoms with Crippen LogP contribution >= 0.6 is 11.6 Å². The van der Waals surface area contributed by atoms with E-state index in [0.29, 0.717) is 5.02 Å². The fourth-order valence-electron chi connectivity index (χ4n) is 2.59. The molecule has 0 atom stereocenters. The average Bonchev–Trinajstić information content (AvgIpc) is 2.66. The summed E-state index contributed by atoms with van der Waals surface area (Å²) in [7, 11) is 0. The van der Waals surface area contributed by atoms with E-state index in [9.17, 15) is 22.8 Å². The van der Waals surface area contributed by atoms with E-state index in [2.05, 4.69) is 10.6 Å². The Kier molecular flexibility index (Phi) is 5.93. The molecule has 2 amide bonds. The summed E-state index contributed by atoms with van der Waals surface area (Å²) in [4.78, 5) is 24.7. The van der Waals surface area contributed by atoms with Gasteiger partial charge in [0, 0.05) is 16.9 Å². The molecule has 5 nitrogen and oxygen atoms in total. The predicted molar refractivity (Wildman–Crippen MR) is 105 cm³/mol. The second kappa shape index (κ2) is 8.40. The molecule has 29 heavy (non-hydrogen) atoms. The molecule has 0 radical (unpaired) electrons. The summed E-state index contributed by atoms with van der Waals surface area (Å²) in [6, 6.07) is 13.3. The highest BCUT2D eigenvalue weighted by molar-refractivity contribution is 6.31. The Morgan fingerprint density at radius 1 is 0.966 bits per heavy atom. The summed E-state index contributed by atoms with van der Waals surface area (Å²) >= 11 is 6.11. The number of urea groups is 1. The standard InChI is InChI=1S/C20H15ClF3N3O2/c21-16-5-2-1-4-13(16)12-27-11-3-6-17(18(27)28)26-19(29)25-15-9-7-14(8-10-15)20(22,23)24/h1-11H,12H2,(H2,25,26,29). The molecule has 9 heteroatoms. The van der Waals surface area contributed by atoms with Gasteiger partial charge in [0.05, 0.1) is 12.1 Å². The molecule has 1 heterocycles. The third-order valence-electron chi connectivity index (χ3n) is 4.04. The van der Waals surface area contributed by atoms with Gasteiger partial charge in [0.25, 0.3) is 5.56 Å². The van der Waals surface area contributed by atoms with Crippen molar-refractivity contribution >= 4 is 29.0 Å². The Morgan fingerprint density at radius 2 is 1.66 bits per heavy atom. The molecule has 2 aromatic carbocycles. The Morgan fingerprint density at radius 3 is 2.31 bits per heavy atom. The monoisotopic (exact) mass is 421 g/mol. The highest BCUT2D eigenvalue weighted by atomic mass is 35.5. The van der Waals surface area contributed by atoms with E-state index in [1.807, 2.05) is 0 Å². The number of hydrogen-bond donors (Lipinski definition) is 2. The highest BCUT2D eigenvalue weighted by Gasteiger charge is 2.30. The molecule has 0 saturated heterocycles. The lowest BCUT2D eigenvalue weighted by molar-refractivity contribution is -0.137. The zero-order chi connectivity index (χ0) is 21.0. The number of aromatic nitrogens is 1. The van der Waals surface area contributed by atoms with Gasteiger partial charge in [-0.05, 0) is 48.0 Å². The van der Waals surface area contributed by atoms with Crippen molar-refractivity contribution in [2.75, 3.05) is 10.6 Å². The van der Waals surface area contributed by atoms with E-state index in [0.717, 1.165) is 29.8 Å². The Balaban J connectivity index is 1.71. The molecule has 3 aromatic rings. The van der Waals surface area contributed by atoms with Crippen LogP contribution in [0.2, 0.25) is 5.02 Å². The SMILES string of the molecule is O=C(Nc1ccc(C(F)(F)F)cc1)Nc1cccn(Cc2ccccc2Cl)c1=O. The number of hydrogen-bond acceptors (Lipinski definition) is 2. The Labute approximate surface area is 168 Å². The smallest absolute Gasteiger partial charge is 0.309 e. The van der Waals surface area contributed by atoms with E-state index < -0.39 is 23.3 Å². The number of nitrogens with zero attached hydrogens (tertiary/aromatic N) is 1. The summed E-state index contributed by atoms with van der Waals surface area (Å²) in [5.74, 6) is 0. The highest BCUT2D eigenvalue weighted by Crippen LogP contribution is 2.29. The minimum Gasteiger partial charge on any atom is -0.309 e. The van der Waals surface area contributed by atoms with Crippen LogP contribution in [0.4, 0.5) is 29.3 Å². The molecule has 0 spiro atoms. The largest absolute Gasteiger partial charge is 0.416 e. The first-order valence-corrected chi connectivity index (χ1v) is 8.80. The van der Waals surface area contributed by atoms with Crippen LogP contribution in [-0.4, -0.2) is 10.6 Å². The fraction of sp³-hybridized carbons (Fsp3) is 0.100. The number of alkyl halides is 3. The van der Waals surface area contributed by atoms with Crippen molar-refractivity contribution in [3.63, 3.8) is 0 Å². The molecule has 0 aliphatic heterocycles. The number of anilines is 2. The third-order valence-corrected chi connectivity index (χ3v) is 4.41. The van der Waals surface area contributed by atoms with Crippen molar-refractivity contribution < 1.29 is 18.0 Å². The molecule has 0 aliphatic carbocycles. The lowest BCUT2D eigenvalue weighted by atomic mass is 10.2. The Hall–Kier alpha value is -3.26. The van der Waals surface area contributed by atoms with Crippen molar-refractivity contribution in [1.82, 2.24) is 4.57 Å². The van der Waals surface area contributed by atoms with Crippen LogP contribution in [0.5, 0.6) is 0 Å². The maximum Gasteiger partial charge on any atom is 0.416 e. The second-order valence-electron chi connectivity index (χ2n) is 6.10. The minimum atomic E-state index is -4.46. The van der Waals surface area contributed by atoms with Gasteiger partial charge >= 0.3 is 12.2 Å². The molecule has 2 N–H and O–H groups in total.